The molecule has 1 atom stereocenters. The molecule has 0 aromatic heterocycles. The summed E-state index contributed by atoms with van der Waals surface area (Å²) in [6.45, 7) is 15.6. The van der Waals surface area contributed by atoms with E-state index >= 15 is 0 Å². The van der Waals surface area contributed by atoms with Crippen LogP contribution in [0.15, 0.2) is 53.8 Å². The first kappa shape index (κ1) is 28.5. The predicted molar refractivity (Wildman–Crippen MR) is 143 cm³/mol. The molecular formula is C29H46O4Si. The Hall–Kier alpha value is -1.69. The SMILES string of the molecule is CC1(C)OCC(CCC/C=C/C/C(=C/[Si](C)(C)Cc2ccccc2)CCOC(=O)C(C)(C)C)O1. The zero-order valence-corrected chi connectivity index (χ0v) is 23.5. The molecule has 1 aliphatic heterocycles. The van der Waals surface area contributed by atoms with Crippen molar-refractivity contribution in [3.63, 3.8) is 0 Å². The van der Waals surface area contributed by atoms with Crippen molar-refractivity contribution in [3.8, 4) is 0 Å². The van der Waals surface area contributed by atoms with Crippen LogP contribution in [0.3, 0.4) is 0 Å². The summed E-state index contributed by atoms with van der Waals surface area (Å²) in [5, 5.41) is 0. The van der Waals surface area contributed by atoms with Gasteiger partial charge in [-0.1, -0.05) is 72.4 Å². The average molecular weight is 487 g/mol. The lowest BCUT2D eigenvalue weighted by atomic mass is 9.97. The van der Waals surface area contributed by atoms with Crippen molar-refractivity contribution in [2.45, 2.75) is 97.8 Å². The maximum absolute atomic E-state index is 12.2. The lowest BCUT2D eigenvalue weighted by molar-refractivity contribution is -0.152. The molecule has 1 aliphatic rings. The second-order valence-electron chi connectivity index (χ2n) is 11.6. The number of rotatable bonds is 12. The second-order valence-corrected chi connectivity index (χ2v) is 16.3. The van der Waals surface area contributed by atoms with Crippen LogP contribution in [0.4, 0.5) is 0 Å². The molecule has 0 spiro atoms. The van der Waals surface area contributed by atoms with Crippen molar-refractivity contribution in [1.82, 2.24) is 0 Å². The lowest BCUT2D eigenvalue weighted by Crippen LogP contribution is -2.28. The van der Waals surface area contributed by atoms with Gasteiger partial charge in [0.05, 0.1) is 32.8 Å². The summed E-state index contributed by atoms with van der Waals surface area (Å²) in [5.74, 6) is -0.572. The van der Waals surface area contributed by atoms with Gasteiger partial charge >= 0.3 is 5.97 Å². The van der Waals surface area contributed by atoms with Crippen molar-refractivity contribution in [3.05, 3.63) is 59.3 Å². The molecule has 0 amide bonds. The highest BCUT2D eigenvalue weighted by atomic mass is 28.3. The fourth-order valence-corrected chi connectivity index (χ4v) is 6.93. The quantitative estimate of drug-likeness (QED) is 0.136. The van der Waals surface area contributed by atoms with Crippen LogP contribution in [-0.4, -0.2) is 39.1 Å². The molecule has 1 fully saturated rings. The smallest absolute Gasteiger partial charge is 0.311 e. The molecule has 0 radical (unpaired) electrons. The van der Waals surface area contributed by atoms with E-state index in [4.69, 9.17) is 14.2 Å². The molecule has 4 nitrogen and oxygen atoms in total. The van der Waals surface area contributed by atoms with Crippen molar-refractivity contribution in [2.24, 2.45) is 5.41 Å². The summed E-state index contributed by atoms with van der Waals surface area (Å²) in [5.41, 5.74) is 4.82. The normalized spacial score (nSPS) is 19.0. The maximum atomic E-state index is 12.2. The number of carbonyl (C=O) groups excluding carboxylic acids is 1. The molecule has 0 aliphatic carbocycles. The standard InChI is InChI=1S/C29H46O4Si/c1-28(2,3)27(30)31-20-19-25(23-34(6,7)22-24-15-12-10-13-16-24)17-11-8-9-14-18-26-21-32-29(4,5)33-26/h8,10-13,15-16,23,26H,9,14,17-22H2,1-7H3/b11-8+,25-23-. The van der Waals surface area contributed by atoms with E-state index in [9.17, 15) is 4.79 Å². The second kappa shape index (κ2) is 12.8. The molecule has 0 saturated carbocycles. The first-order valence-electron chi connectivity index (χ1n) is 12.7. The van der Waals surface area contributed by atoms with Gasteiger partial charge in [-0.15, -0.1) is 0 Å². The van der Waals surface area contributed by atoms with Crippen LogP contribution in [0.5, 0.6) is 0 Å². The number of hydrogen-bond acceptors (Lipinski definition) is 4. The Kier molecular flexibility index (Phi) is 10.8. The first-order chi connectivity index (χ1) is 15.9. The number of unbranched alkanes of at least 4 members (excludes halogenated alkanes) is 1. The summed E-state index contributed by atoms with van der Waals surface area (Å²) < 4.78 is 17.1. The average Bonchev–Trinajstić information content (AvgIpc) is 3.08. The summed E-state index contributed by atoms with van der Waals surface area (Å²) in [7, 11) is -1.59. The fraction of sp³-hybridized carbons (Fsp3) is 0.621. The van der Waals surface area contributed by atoms with Crippen LogP contribution >= 0.6 is 0 Å². The Morgan fingerprint density at radius 1 is 1.18 bits per heavy atom. The van der Waals surface area contributed by atoms with Gasteiger partial charge < -0.3 is 14.2 Å². The summed E-state index contributed by atoms with van der Waals surface area (Å²) in [4.78, 5) is 12.2. The summed E-state index contributed by atoms with van der Waals surface area (Å²) >= 11 is 0. The van der Waals surface area contributed by atoms with Crippen LogP contribution in [0.2, 0.25) is 13.1 Å². The Bertz CT molecular complexity index is 818. The zero-order valence-electron chi connectivity index (χ0n) is 22.5. The van der Waals surface area contributed by atoms with E-state index in [1.165, 1.54) is 11.1 Å². The van der Waals surface area contributed by atoms with Crippen molar-refractivity contribution in [2.75, 3.05) is 13.2 Å². The minimum atomic E-state index is -1.59. The van der Waals surface area contributed by atoms with Crippen molar-refractivity contribution in [1.29, 1.82) is 0 Å². The van der Waals surface area contributed by atoms with E-state index in [0.29, 0.717) is 13.2 Å². The third kappa shape index (κ3) is 11.2. The number of hydrogen-bond donors (Lipinski definition) is 0. The minimum Gasteiger partial charge on any atom is -0.465 e. The number of ether oxygens (including phenoxy) is 3. The molecule has 0 N–H and O–H groups in total. The maximum Gasteiger partial charge on any atom is 0.311 e. The number of esters is 1. The Labute approximate surface area is 208 Å². The van der Waals surface area contributed by atoms with E-state index in [2.05, 4.69) is 61.3 Å². The largest absolute Gasteiger partial charge is 0.465 e. The van der Waals surface area contributed by atoms with Gasteiger partial charge in [0.1, 0.15) is 0 Å². The van der Waals surface area contributed by atoms with E-state index < -0.39 is 19.3 Å². The fourth-order valence-electron chi connectivity index (χ4n) is 4.17. The van der Waals surface area contributed by atoms with Gasteiger partial charge in [0.15, 0.2) is 5.79 Å². The van der Waals surface area contributed by atoms with Gasteiger partial charge in [0, 0.05) is 6.42 Å². The van der Waals surface area contributed by atoms with Gasteiger partial charge in [-0.3, -0.25) is 4.79 Å². The number of benzene rings is 1. The molecular weight excluding hydrogens is 440 g/mol. The van der Waals surface area contributed by atoms with Crippen LogP contribution in [0.1, 0.15) is 72.3 Å². The van der Waals surface area contributed by atoms with Gasteiger partial charge in [-0.2, -0.15) is 0 Å². The summed E-state index contributed by atoms with van der Waals surface area (Å²) in [6, 6.07) is 11.8. The molecule has 0 bridgehead atoms. The predicted octanol–water partition coefficient (Wildman–Crippen LogP) is 7.19. The molecule has 1 heterocycles. The third-order valence-corrected chi connectivity index (χ3v) is 8.39. The van der Waals surface area contributed by atoms with Gasteiger partial charge in [-0.25, -0.2) is 0 Å². The highest BCUT2D eigenvalue weighted by Crippen LogP contribution is 2.25. The Morgan fingerprint density at radius 2 is 1.88 bits per heavy atom. The van der Waals surface area contributed by atoms with Crippen molar-refractivity contribution >= 4 is 14.0 Å². The number of carbonyl (C=O) groups is 1. The Morgan fingerprint density at radius 3 is 2.50 bits per heavy atom. The van der Waals surface area contributed by atoms with E-state index in [-0.39, 0.29) is 12.1 Å². The molecule has 34 heavy (non-hydrogen) atoms. The first-order valence-corrected chi connectivity index (χ1v) is 16.0. The zero-order chi connectivity index (χ0) is 25.2. The van der Waals surface area contributed by atoms with E-state index in [0.717, 1.165) is 38.1 Å². The summed E-state index contributed by atoms with van der Waals surface area (Å²) in [6.07, 6.45) is 9.63. The van der Waals surface area contributed by atoms with Crippen molar-refractivity contribution < 1.29 is 19.0 Å². The highest BCUT2D eigenvalue weighted by Gasteiger charge is 2.31. The van der Waals surface area contributed by atoms with Crippen LogP contribution < -0.4 is 0 Å². The third-order valence-electron chi connectivity index (χ3n) is 5.88. The topological polar surface area (TPSA) is 44.8 Å². The molecule has 2 rings (SSSR count). The van der Waals surface area contributed by atoms with Crippen LogP contribution in [0, 0.1) is 5.41 Å². The molecule has 1 saturated heterocycles. The van der Waals surface area contributed by atoms with E-state index in [1.807, 2.05) is 34.6 Å². The van der Waals surface area contributed by atoms with Gasteiger partial charge in [0.2, 0.25) is 0 Å². The van der Waals surface area contributed by atoms with E-state index in [1.54, 1.807) is 0 Å². The minimum absolute atomic E-state index is 0.135. The van der Waals surface area contributed by atoms with Gasteiger partial charge in [0.25, 0.3) is 0 Å². The Balaban J connectivity index is 1.91. The molecule has 1 aromatic carbocycles. The van der Waals surface area contributed by atoms with Gasteiger partial charge in [-0.05, 0) is 66.3 Å². The molecule has 190 valence electrons. The lowest BCUT2D eigenvalue weighted by Gasteiger charge is -2.21. The highest BCUT2D eigenvalue weighted by molar-refractivity contribution is 6.81. The molecule has 1 aromatic rings. The molecule has 1 unspecified atom stereocenters. The monoisotopic (exact) mass is 486 g/mol. The molecule has 5 heteroatoms. The number of allylic oxidation sites excluding steroid dienone is 2. The van der Waals surface area contributed by atoms with Crippen LogP contribution in [-0.2, 0) is 25.0 Å². The van der Waals surface area contributed by atoms with Crippen LogP contribution in [0.25, 0.3) is 0 Å².